The van der Waals surface area contributed by atoms with Crippen molar-refractivity contribution in [3.05, 3.63) is 23.8 Å². The Morgan fingerprint density at radius 2 is 2.05 bits per heavy atom. The molecule has 0 fully saturated rings. The first-order chi connectivity index (χ1) is 9.88. The molecule has 2 amide bonds. The van der Waals surface area contributed by atoms with Gasteiger partial charge >= 0.3 is 18.0 Å². The highest BCUT2D eigenvalue weighted by Gasteiger charge is 2.20. The lowest BCUT2D eigenvalue weighted by Gasteiger charge is -2.14. The second-order valence-corrected chi connectivity index (χ2v) is 4.25. The smallest absolute Gasteiger partial charge is 0.326 e. The van der Waals surface area contributed by atoms with E-state index in [9.17, 15) is 14.4 Å². The van der Waals surface area contributed by atoms with Gasteiger partial charge in [0, 0.05) is 12.6 Å². The molecule has 0 aliphatic rings. The van der Waals surface area contributed by atoms with E-state index in [0.717, 1.165) is 0 Å². The molecular weight excluding hydrogens is 280 g/mol. The Morgan fingerprint density at radius 1 is 1.33 bits per heavy atom. The minimum atomic E-state index is -1.29. The van der Waals surface area contributed by atoms with Crippen molar-refractivity contribution in [2.24, 2.45) is 0 Å². The standard InChI is InChI=1S/C12H16N4O5/c1-7-13-5-4-8(15-7)6-14-12(21)16-9(11(19)20)2-3-10(17)18/h4-5,9H,2-3,6H2,1H3,(H,17,18)(H,19,20)(H2,14,16,21). The second-order valence-electron chi connectivity index (χ2n) is 4.25. The van der Waals surface area contributed by atoms with Gasteiger partial charge in [-0.15, -0.1) is 0 Å². The van der Waals surface area contributed by atoms with Gasteiger partial charge in [-0.3, -0.25) is 4.79 Å². The third kappa shape index (κ3) is 6.32. The van der Waals surface area contributed by atoms with Gasteiger partial charge in [-0.05, 0) is 19.4 Å². The van der Waals surface area contributed by atoms with Crippen LogP contribution in [0, 0.1) is 6.92 Å². The van der Waals surface area contributed by atoms with Crippen molar-refractivity contribution in [3.63, 3.8) is 0 Å². The van der Waals surface area contributed by atoms with Crippen LogP contribution in [0.25, 0.3) is 0 Å². The van der Waals surface area contributed by atoms with E-state index in [1.807, 2.05) is 0 Å². The van der Waals surface area contributed by atoms with Crippen LogP contribution in [-0.2, 0) is 16.1 Å². The van der Waals surface area contributed by atoms with Crippen LogP contribution in [0.3, 0.4) is 0 Å². The van der Waals surface area contributed by atoms with E-state index < -0.39 is 24.0 Å². The molecular formula is C12H16N4O5. The van der Waals surface area contributed by atoms with Crippen molar-refractivity contribution in [1.82, 2.24) is 20.6 Å². The van der Waals surface area contributed by atoms with Gasteiger partial charge in [-0.2, -0.15) is 0 Å². The van der Waals surface area contributed by atoms with Gasteiger partial charge in [0.25, 0.3) is 0 Å². The van der Waals surface area contributed by atoms with Crippen molar-refractivity contribution in [2.45, 2.75) is 32.4 Å². The zero-order valence-corrected chi connectivity index (χ0v) is 11.4. The first-order valence-electron chi connectivity index (χ1n) is 6.16. The summed E-state index contributed by atoms with van der Waals surface area (Å²) >= 11 is 0. The number of rotatable bonds is 7. The number of aromatic nitrogens is 2. The lowest BCUT2D eigenvalue weighted by Crippen LogP contribution is -2.46. The third-order valence-corrected chi connectivity index (χ3v) is 2.51. The zero-order chi connectivity index (χ0) is 15.8. The van der Waals surface area contributed by atoms with E-state index in [2.05, 4.69) is 20.6 Å². The highest BCUT2D eigenvalue weighted by molar-refractivity contribution is 5.82. The Bertz CT molecular complexity index is 534. The topological polar surface area (TPSA) is 142 Å². The Kier molecular flexibility index (Phi) is 6.05. The molecule has 9 heteroatoms. The number of hydrogen-bond acceptors (Lipinski definition) is 5. The fraction of sp³-hybridized carbons (Fsp3) is 0.417. The summed E-state index contributed by atoms with van der Waals surface area (Å²) in [5, 5.41) is 22.1. The molecule has 1 unspecified atom stereocenters. The van der Waals surface area contributed by atoms with Gasteiger partial charge < -0.3 is 20.8 Å². The van der Waals surface area contributed by atoms with Crippen molar-refractivity contribution in [3.8, 4) is 0 Å². The molecule has 1 aromatic heterocycles. The molecule has 1 atom stereocenters. The highest BCUT2D eigenvalue weighted by atomic mass is 16.4. The van der Waals surface area contributed by atoms with Crippen molar-refractivity contribution < 1.29 is 24.6 Å². The zero-order valence-electron chi connectivity index (χ0n) is 11.4. The number of nitrogens with zero attached hydrogens (tertiary/aromatic N) is 2. The van der Waals surface area contributed by atoms with E-state index in [1.165, 1.54) is 0 Å². The number of aryl methyl sites for hydroxylation is 1. The van der Waals surface area contributed by atoms with Gasteiger partial charge in [0.15, 0.2) is 0 Å². The van der Waals surface area contributed by atoms with Crippen LogP contribution in [0.4, 0.5) is 4.79 Å². The third-order valence-electron chi connectivity index (χ3n) is 2.51. The van der Waals surface area contributed by atoms with Crippen molar-refractivity contribution >= 4 is 18.0 Å². The largest absolute Gasteiger partial charge is 0.481 e. The summed E-state index contributed by atoms with van der Waals surface area (Å²) in [4.78, 5) is 40.9. The fourth-order valence-corrected chi connectivity index (χ4v) is 1.51. The molecule has 0 radical (unpaired) electrons. The monoisotopic (exact) mass is 296 g/mol. The predicted molar refractivity (Wildman–Crippen MR) is 70.4 cm³/mol. The maximum absolute atomic E-state index is 11.6. The SMILES string of the molecule is Cc1nccc(CNC(=O)NC(CCC(=O)O)C(=O)O)n1. The number of amides is 2. The van der Waals surface area contributed by atoms with Gasteiger partial charge in [0.05, 0.1) is 12.2 Å². The van der Waals surface area contributed by atoms with Crippen LogP contribution < -0.4 is 10.6 Å². The summed E-state index contributed by atoms with van der Waals surface area (Å²) in [6.07, 6.45) is 1.01. The number of hydrogen-bond donors (Lipinski definition) is 4. The molecule has 0 saturated carbocycles. The molecule has 0 saturated heterocycles. The Morgan fingerprint density at radius 3 is 2.62 bits per heavy atom. The summed E-state index contributed by atoms with van der Waals surface area (Å²) in [7, 11) is 0. The van der Waals surface area contributed by atoms with E-state index in [-0.39, 0.29) is 19.4 Å². The molecule has 0 bridgehead atoms. The van der Waals surface area contributed by atoms with Crippen molar-refractivity contribution in [1.29, 1.82) is 0 Å². The van der Waals surface area contributed by atoms with Gasteiger partial charge in [0.1, 0.15) is 11.9 Å². The molecule has 114 valence electrons. The van der Waals surface area contributed by atoms with Crippen LogP contribution in [-0.4, -0.2) is 44.2 Å². The Balaban J connectivity index is 2.46. The normalized spacial score (nSPS) is 11.5. The lowest BCUT2D eigenvalue weighted by atomic mass is 10.1. The first kappa shape index (κ1) is 16.3. The molecule has 0 aliphatic heterocycles. The molecule has 0 spiro atoms. The van der Waals surface area contributed by atoms with E-state index in [1.54, 1.807) is 19.2 Å². The molecule has 1 heterocycles. The maximum atomic E-state index is 11.6. The van der Waals surface area contributed by atoms with Gasteiger partial charge in [0.2, 0.25) is 0 Å². The Hall–Kier alpha value is -2.71. The quantitative estimate of drug-likeness (QED) is 0.550. The number of urea groups is 1. The summed E-state index contributed by atoms with van der Waals surface area (Å²) in [5.41, 5.74) is 0.579. The van der Waals surface area contributed by atoms with Crippen LogP contribution >= 0.6 is 0 Å². The van der Waals surface area contributed by atoms with Crippen LogP contribution in [0.5, 0.6) is 0 Å². The molecule has 1 aromatic rings. The van der Waals surface area contributed by atoms with Gasteiger partial charge in [-0.25, -0.2) is 19.6 Å². The summed E-state index contributed by atoms with van der Waals surface area (Å²) in [6, 6.07) is -0.343. The average molecular weight is 296 g/mol. The van der Waals surface area contributed by atoms with E-state index in [4.69, 9.17) is 10.2 Å². The average Bonchev–Trinajstić information content (AvgIpc) is 2.40. The van der Waals surface area contributed by atoms with Crippen LogP contribution in [0.15, 0.2) is 12.3 Å². The fourth-order valence-electron chi connectivity index (χ4n) is 1.51. The Labute approximate surface area is 120 Å². The number of carboxylic acid groups (broad SMARTS) is 2. The molecule has 0 aromatic carbocycles. The maximum Gasteiger partial charge on any atom is 0.326 e. The number of nitrogens with one attached hydrogen (secondary N) is 2. The first-order valence-corrected chi connectivity index (χ1v) is 6.16. The minimum Gasteiger partial charge on any atom is -0.481 e. The molecule has 1 rings (SSSR count). The van der Waals surface area contributed by atoms with Crippen LogP contribution in [0.1, 0.15) is 24.4 Å². The number of carbonyl (C=O) groups is 3. The number of aliphatic carboxylic acids is 2. The lowest BCUT2D eigenvalue weighted by molar-refractivity contribution is -0.140. The van der Waals surface area contributed by atoms with Gasteiger partial charge in [-0.1, -0.05) is 0 Å². The summed E-state index contributed by atoms with van der Waals surface area (Å²) in [5.74, 6) is -1.86. The number of carbonyl (C=O) groups excluding carboxylic acids is 1. The predicted octanol–water partition coefficient (Wildman–Crippen LogP) is -0.0978. The molecule has 4 N–H and O–H groups in total. The molecule has 21 heavy (non-hydrogen) atoms. The van der Waals surface area contributed by atoms with Crippen molar-refractivity contribution in [2.75, 3.05) is 0 Å². The second kappa shape index (κ2) is 7.78. The molecule has 0 aliphatic carbocycles. The van der Waals surface area contributed by atoms with E-state index in [0.29, 0.717) is 11.5 Å². The van der Waals surface area contributed by atoms with E-state index >= 15 is 0 Å². The number of carboxylic acids is 2. The summed E-state index contributed by atoms with van der Waals surface area (Å²) < 4.78 is 0. The summed E-state index contributed by atoms with van der Waals surface area (Å²) in [6.45, 7) is 1.82. The van der Waals surface area contributed by atoms with Crippen LogP contribution in [0.2, 0.25) is 0 Å². The highest BCUT2D eigenvalue weighted by Crippen LogP contribution is 1.98. The minimum absolute atomic E-state index is 0.112. The molecule has 9 nitrogen and oxygen atoms in total.